The Kier molecular flexibility index (Phi) is 9.01. The van der Waals surface area contributed by atoms with Crippen LogP contribution in [0.2, 0.25) is 0 Å². The molecule has 0 fully saturated rings. The highest BCUT2D eigenvalue weighted by Crippen LogP contribution is 2.24. The molecule has 5 aromatic rings. The number of fused-ring (bicyclic) bond motifs is 1. The molecular weight excluding hydrogens is 559 g/mol. The lowest BCUT2D eigenvalue weighted by atomic mass is 10.1. The van der Waals surface area contributed by atoms with Crippen LogP contribution in [0.15, 0.2) is 90.1 Å². The van der Waals surface area contributed by atoms with Gasteiger partial charge >= 0.3 is 0 Å². The number of carbonyl (C=O) groups excluding carboxylic acids is 2. The number of rotatable bonds is 10. The predicted molar refractivity (Wildman–Crippen MR) is 171 cm³/mol. The fraction of sp³-hybridized carbons (Fsp3) is 0.235. The van der Waals surface area contributed by atoms with Crippen molar-refractivity contribution in [2.24, 2.45) is 5.92 Å². The number of carbonyl (C=O) groups is 2. The number of nitrogens with zero attached hydrogens (tertiary/aromatic N) is 3. The number of nitrogens with one attached hydrogen (secondary N) is 3. The second-order valence-electron chi connectivity index (χ2n) is 11.1. The molecule has 2 amide bonds. The molecule has 2 aromatic carbocycles. The number of amides is 2. The Morgan fingerprint density at radius 3 is 2.57 bits per heavy atom. The highest BCUT2D eigenvalue weighted by atomic mass is 19.1. The molecule has 0 spiro atoms. The standard InChI is InChI=1S/C34H35FN6O3/c1-21(2)17-38-33(43)26-7-5-6-24(15-26)31-11-9-29(39-32(42)22(3)36-4)34(44)41(31)20-23-14-28(19-37-18-23)40-13-12-25-16-27(35)8-10-30(25)40/h5-16,18-19,21-22,36H,17,20H2,1-4H3,(H,38,43)(H,39,42)/t22-/m0/s1. The van der Waals surface area contributed by atoms with Gasteiger partial charge in [-0.1, -0.05) is 26.0 Å². The topological polar surface area (TPSA) is 110 Å². The van der Waals surface area contributed by atoms with Crippen LogP contribution in [0.5, 0.6) is 0 Å². The zero-order valence-electron chi connectivity index (χ0n) is 25.1. The smallest absolute Gasteiger partial charge is 0.275 e. The van der Waals surface area contributed by atoms with Crippen LogP contribution in [0.3, 0.4) is 0 Å². The third-order valence-corrected chi connectivity index (χ3v) is 7.40. The molecule has 44 heavy (non-hydrogen) atoms. The highest BCUT2D eigenvalue weighted by Gasteiger charge is 2.18. The second-order valence-corrected chi connectivity index (χ2v) is 11.1. The Balaban J connectivity index is 1.56. The molecule has 0 aliphatic heterocycles. The third kappa shape index (κ3) is 6.60. The van der Waals surface area contributed by atoms with E-state index in [1.807, 2.05) is 42.8 Å². The van der Waals surface area contributed by atoms with Crippen LogP contribution >= 0.6 is 0 Å². The molecule has 226 valence electrons. The van der Waals surface area contributed by atoms with Gasteiger partial charge in [0.15, 0.2) is 0 Å². The van der Waals surface area contributed by atoms with E-state index in [9.17, 15) is 18.8 Å². The number of benzene rings is 2. The van der Waals surface area contributed by atoms with Crippen LogP contribution in [0, 0.1) is 11.7 Å². The van der Waals surface area contributed by atoms with Crippen molar-refractivity contribution < 1.29 is 14.0 Å². The number of aromatic nitrogens is 3. The van der Waals surface area contributed by atoms with Gasteiger partial charge in [-0.05, 0) is 85.6 Å². The molecule has 0 unspecified atom stereocenters. The Morgan fingerprint density at radius 2 is 1.80 bits per heavy atom. The Morgan fingerprint density at radius 1 is 0.977 bits per heavy atom. The predicted octanol–water partition coefficient (Wildman–Crippen LogP) is 4.97. The largest absolute Gasteiger partial charge is 0.352 e. The van der Waals surface area contributed by atoms with Crippen molar-refractivity contribution >= 4 is 28.4 Å². The maximum Gasteiger partial charge on any atom is 0.275 e. The second kappa shape index (κ2) is 13.0. The van der Waals surface area contributed by atoms with E-state index in [0.29, 0.717) is 29.3 Å². The molecule has 0 aliphatic rings. The first kappa shape index (κ1) is 30.4. The molecular formula is C34H35FN6O3. The van der Waals surface area contributed by atoms with E-state index in [4.69, 9.17) is 0 Å². The summed E-state index contributed by atoms with van der Waals surface area (Å²) in [5, 5.41) is 9.29. The van der Waals surface area contributed by atoms with Crippen molar-refractivity contribution in [3.63, 3.8) is 0 Å². The number of anilines is 1. The summed E-state index contributed by atoms with van der Waals surface area (Å²) in [6, 6.07) is 18.3. The van der Waals surface area contributed by atoms with E-state index in [1.54, 1.807) is 67.3 Å². The minimum atomic E-state index is -0.505. The van der Waals surface area contributed by atoms with Gasteiger partial charge in [-0.2, -0.15) is 0 Å². The van der Waals surface area contributed by atoms with Crippen LogP contribution in [-0.4, -0.2) is 45.6 Å². The molecule has 10 heteroatoms. The summed E-state index contributed by atoms with van der Waals surface area (Å²) < 4.78 is 17.3. The van der Waals surface area contributed by atoms with Crippen LogP contribution < -0.4 is 21.5 Å². The first-order chi connectivity index (χ1) is 21.1. The summed E-state index contributed by atoms with van der Waals surface area (Å²) in [5.74, 6) is -0.551. The van der Waals surface area contributed by atoms with Gasteiger partial charge in [-0.3, -0.25) is 19.4 Å². The molecule has 0 aliphatic carbocycles. The van der Waals surface area contributed by atoms with E-state index >= 15 is 0 Å². The van der Waals surface area contributed by atoms with Crippen molar-refractivity contribution in [2.45, 2.75) is 33.4 Å². The Labute approximate surface area is 254 Å². The average Bonchev–Trinajstić information content (AvgIpc) is 3.44. The minimum Gasteiger partial charge on any atom is -0.352 e. The molecule has 3 aromatic heterocycles. The molecule has 0 saturated heterocycles. The molecule has 0 bridgehead atoms. The van der Waals surface area contributed by atoms with Crippen LogP contribution in [-0.2, 0) is 11.3 Å². The van der Waals surface area contributed by atoms with Crippen LogP contribution in [0.1, 0.15) is 36.7 Å². The molecule has 3 heterocycles. The molecule has 0 radical (unpaired) electrons. The summed E-state index contributed by atoms with van der Waals surface area (Å²) in [6.45, 7) is 6.43. The average molecular weight is 595 g/mol. The number of hydrogen-bond acceptors (Lipinski definition) is 5. The summed E-state index contributed by atoms with van der Waals surface area (Å²) in [5.41, 5.74) is 3.74. The van der Waals surface area contributed by atoms with E-state index in [0.717, 1.165) is 22.2 Å². The normalized spacial score (nSPS) is 12.0. The van der Waals surface area contributed by atoms with Gasteiger partial charge < -0.3 is 25.1 Å². The first-order valence-electron chi connectivity index (χ1n) is 14.5. The van der Waals surface area contributed by atoms with Crippen molar-refractivity contribution in [3.8, 4) is 16.9 Å². The van der Waals surface area contributed by atoms with E-state index in [-0.39, 0.29) is 29.9 Å². The van der Waals surface area contributed by atoms with Crippen LogP contribution in [0.25, 0.3) is 27.8 Å². The van der Waals surface area contributed by atoms with Gasteiger partial charge in [0.1, 0.15) is 11.5 Å². The van der Waals surface area contributed by atoms with Gasteiger partial charge in [-0.15, -0.1) is 0 Å². The van der Waals surface area contributed by atoms with Crippen molar-refractivity contribution in [2.75, 3.05) is 18.9 Å². The van der Waals surface area contributed by atoms with Gasteiger partial charge in [0.05, 0.1) is 35.7 Å². The Hall–Kier alpha value is -5.09. The van der Waals surface area contributed by atoms with Gasteiger partial charge in [0.25, 0.3) is 11.5 Å². The van der Waals surface area contributed by atoms with Crippen molar-refractivity contribution in [3.05, 3.63) is 113 Å². The quantitative estimate of drug-likeness (QED) is 0.212. The number of halogens is 1. The number of likely N-dealkylation sites (N-methyl/N-ethyl adjacent to an activating group) is 1. The Bertz CT molecular complexity index is 1890. The zero-order valence-corrected chi connectivity index (χ0v) is 25.1. The fourth-order valence-corrected chi connectivity index (χ4v) is 4.89. The molecule has 1 atom stereocenters. The summed E-state index contributed by atoms with van der Waals surface area (Å²) in [4.78, 5) is 43.8. The maximum atomic E-state index is 13.9. The van der Waals surface area contributed by atoms with Crippen LogP contribution in [0.4, 0.5) is 10.1 Å². The van der Waals surface area contributed by atoms with Crippen molar-refractivity contribution in [1.29, 1.82) is 0 Å². The van der Waals surface area contributed by atoms with Gasteiger partial charge in [0, 0.05) is 29.9 Å². The highest BCUT2D eigenvalue weighted by molar-refractivity contribution is 5.96. The summed E-state index contributed by atoms with van der Waals surface area (Å²) >= 11 is 0. The minimum absolute atomic E-state index is 0.134. The van der Waals surface area contributed by atoms with E-state index < -0.39 is 11.6 Å². The SMILES string of the molecule is CN[C@@H](C)C(=O)Nc1ccc(-c2cccc(C(=O)NCC(C)C)c2)n(Cc2cncc(-n3ccc4cc(F)ccc43)c2)c1=O. The lowest BCUT2D eigenvalue weighted by molar-refractivity contribution is -0.117. The van der Waals surface area contributed by atoms with Crippen molar-refractivity contribution in [1.82, 2.24) is 24.8 Å². The lowest BCUT2D eigenvalue weighted by Gasteiger charge is -2.18. The summed E-state index contributed by atoms with van der Waals surface area (Å²) in [6.07, 6.45) is 5.22. The zero-order chi connectivity index (χ0) is 31.4. The molecule has 5 rings (SSSR count). The fourth-order valence-electron chi connectivity index (χ4n) is 4.89. The number of hydrogen-bond donors (Lipinski definition) is 3. The third-order valence-electron chi connectivity index (χ3n) is 7.40. The molecule has 0 saturated carbocycles. The maximum absolute atomic E-state index is 13.9. The molecule has 3 N–H and O–H groups in total. The van der Waals surface area contributed by atoms with Gasteiger partial charge in [-0.25, -0.2) is 4.39 Å². The van der Waals surface area contributed by atoms with E-state index in [1.165, 1.54) is 12.1 Å². The molecule has 9 nitrogen and oxygen atoms in total. The van der Waals surface area contributed by atoms with Gasteiger partial charge in [0.2, 0.25) is 5.91 Å². The number of pyridine rings is 2. The summed E-state index contributed by atoms with van der Waals surface area (Å²) in [7, 11) is 1.67. The lowest BCUT2D eigenvalue weighted by Crippen LogP contribution is -2.37. The first-order valence-corrected chi connectivity index (χ1v) is 14.5. The monoisotopic (exact) mass is 594 g/mol. The van der Waals surface area contributed by atoms with E-state index in [2.05, 4.69) is 20.9 Å².